The van der Waals surface area contributed by atoms with Crippen LogP contribution in [-0.2, 0) is 0 Å². The van der Waals surface area contributed by atoms with Crippen molar-refractivity contribution in [3.05, 3.63) is 23.8 Å². The van der Waals surface area contributed by atoms with Crippen molar-refractivity contribution in [2.45, 2.75) is 25.7 Å². The molecule has 1 saturated heterocycles. The van der Waals surface area contributed by atoms with Crippen LogP contribution in [-0.4, -0.2) is 34.0 Å². The van der Waals surface area contributed by atoms with Gasteiger partial charge < -0.3 is 10.0 Å². The Bertz CT molecular complexity index is 500. The Kier molecular flexibility index (Phi) is 2.50. The fourth-order valence-corrected chi connectivity index (χ4v) is 2.94. The van der Waals surface area contributed by atoms with Crippen LogP contribution < -0.4 is 0 Å². The van der Waals surface area contributed by atoms with Gasteiger partial charge in [0.1, 0.15) is 11.6 Å². The number of aromatic nitrogens is 1. The van der Waals surface area contributed by atoms with E-state index in [0.29, 0.717) is 12.0 Å². The molecule has 1 saturated carbocycles. The highest BCUT2D eigenvalue weighted by atomic mass is 19.1. The Hall–Kier alpha value is -1.65. The zero-order valence-corrected chi connectivity index (χ0v) is 10.0. The predicted molar refractivity (Wildman–Crippen MR) is 62.7 cm³/mol. The summed E-state index contributed by atoms with van der Waals surface area (Å²) in [4.78, 5) is 17.6. The van der Waals surface area contributed by atoms with E-state index < -0.39 is 5.82 Å². The minimum Gasteiger partial charge on any atom is -0.505 e. The van der Waals surface area contributed by atoms with E-state index in [1.54, 1.807) is 4.90 Å². The molecule has 1 aromatic rings. The number of carbonyl (C=O) groups is 1. The molecule has 2 heterocycles. The van der Waals surface area contributed by atoms with Gasteiger partial charge in [-0.3, -0.25) is 4.79 Å². The topological polar surface area (TPSA) is 53.4 Å². The van der Waals surface area contributed by atoms with Crippen LogP contribution in [0.3, 0.4) is 0 Å². The molecule has 96 valence electrons. The highest BCUT2D eigenvalue weighted by Gasteiger charge is 2.44. The van der Waals surface area contributed by atoms with Crippen molar-refractivity contribution in [2.75, 3.05) is 13.1 Å². The van der Waals surface area contributed by atoms with Gasteiger partial charge in [0.15, 0.2) is 5.69 Å². The van der Waals surface area contributed by atoms with Crippen LogP contribution in [0.15, 0.2) is 12.3 Å². The maximum Gasteiger partial charge on any atom is 0.276 e. The molecule has 0 radical (unpaired) electrons. The van der Waals surface area contributed by atoms with Crippen LogP contribution >= 0.6 is 0 Å². The first-order valence-electron chi connectivity index (χ1n) is 6.23. The lowest BCUT2D eigenvalue weighted by Gasteiger charge is -2.37. The van der Waals surface area contributed by atoms with Crippen molar-refractivity contribution >= 4 is 5.91 Å². The number of rotatable bonds is 1. The summed E-state index contributed by atoms with van der Waals surface area (Å²) in [6.07, 6.45) is 5.59. The molecule has 1 N–H and O–H groups in total. The van der Waals surface area contributed by atoms with Gasteiger partial charge in [-0.15, -0.1) is 0 Å². The molecule has 0 bridgehead atoms. The standard InChI is InChI=1S/C13H15FN2O2/c14-9-6-10(17)11(15-7-9)12(18)16-5-4-13(8-16)2-1-3-13/h6-7,17H,1-5,8H2. The molecule has 0 aromatic carbocycles. The first-order valence-corrected chi connectivity index (χ1v) is 6.23. The minimum absolute atomic E-state index is 0.0484. The summed E-state index contributed by atoms with van der Waals surface area (Å²) in [7, 11) is 0. The lowest BCUT2D eigenvalue weighted by molar-refractivity contribution is 0.0723. The Morgan fingerprint density at radius 1 is 1.44 bits per heavy atom. The first kappa shape index (κ1) is 11.4. The molecular weight excluding hydrogens is 235 g/mol. The molecule has 18 heavy (non-hydrogen) atoms. The molecular formula is C13H15FN2O2. The quantitative estimate of drug-likeness (QED) is 0.828. The van der Waals surface area contributed by atoms with Gasteiger partial charge >= 0.3 is 0 Å². The SMILES string of the molecule is O=C(c1ncc(F)cc1O)N1CCC2(CCC2)C1. The average Bonchev–Trinajstić information content (AvgIpc) is 2.73. The molecule has 1 aromatic heterocycles. The number of likely N-dealkylation sites (tertiary alicyclic amines) is 1. The van der Waals surface area contributed by atoms with Gasteiger partial charge in [0, 0.05) is 19.2 Å². The third-order valence-corrected chi connectivity index (χ3v) is 4.18. The number of halogens is 1. The van der Waals surface area contributed by atoms with E-state index in [0.717, 1.165) is 25.2 Å². The van der Waals surface area contributed by atoms with E-state index in [9.17, 15) is 14.3 Å². The molecule has 1 aliphatic heterocycles. The van der Waals surface area contributed by atoms with Crippen molar-refractivity contribution in [1.82, 2.24) is 9.88 Å². The van der Waals surface area contributed by atoms with Crippen LogP contribution in [0.25, 0.3) is 0 Å². The molecule has 5 heteroatoms. The second-order valence-electron chi connectivity index (χ2n) is 5.35. The zero-order chi connectivity index (χ0) is 12.8. The highest BCUT2D eigenvalue weighted by molar-refractivity contribution is 5.95. The van der Waals surface area contributed by atoms with Gasteiger partial charge in [-0.1, -0.05) is 6.42 Å². The molecule has 2 fully saturated rings. The second kappa shape index (κ2) is 3.93. The molecule has 2 aliphatic rings. The summed E-state index contributed by atoms with van der Waals surface area (Å²) in [5.74, 6) is -1.31. The van der Waals surface area contributed by atoms with Gasteiger partial charge in [-0.05, 0) is 24.7 Å². The van der Waals surface area contributed by atoms with Crippen LogP contribution in [0.4, 0.5) is 4.39 Å². The normalized spacial score (nSPS) is 21.1. The van der Waals surface area contributed by atoms with Gasteiger partial charge in [0.25, 0.3) is 5.91 Å². The van der Waals surface area contributed by atoms with Crippen molar-refractivity contribution in [1.29, 1.82) is 0 Å². The van der Waals surface area contributed by atoms with Crippen LogP contribution in [0.5, 0.6) is 5.75 Å². The minimum atomic E-state index is -0.638. The molecule has 4 nitrogen and oxygen atoms in total. The Balaban J connectivity index is 1.78. The van der Waals surface area contributed by atoms with Gasteiger partial charge in [0.05, 0.1) is 6.20 Å². The fraction of sp³-hybridized carbons (Fsp3) is 0.538. The lowest BCUT2D eigenvalue weighted by Crippen LogP contribution is -2.36. The largest absolute Gasteiger partial charge is 0.505 e. The predicted octanol–water partition coefficient (Wildman–Crippen LogP) is 1.94. The molecule has 3 rings (SSSR count). The summed E-state index contributed by atoms with van der Waals surface area (Å²) in [5.41, 5.74) is 0.262. The van der Waals surface area contributed by atoms with Crippen molar-refractivity contribution in [2.24, 2.45) is 5.41 Å². The number of pyridine rings is 1. The number of hydrogen-bond donors (Lipinski definition) is 1. The van der Waals surface area contributed by atoms with Crippen LogP contribution in [0, 0.1) is 11.2 Å². The molecule has 1 spiro atoms. The van der Waals surface area contributed by atoms with E-state index in [1.165, 1.54) is 19.3 Å². The smallest absolute Gasteiger partial charge is 0.276 e. The van der Waals surface area contributed by atoms with Crippen molar-refractivity contribution < 1.29 is 14.3 Å². The Morgan fingerprint density at radius 2 is 2.22 bits per heavy atom. The van der Waals surface area contributed by atoms with E-state index in [-0.39, 0.29) is 17.4 Å². The number of aromatic hydroxyl groups is 1. The van der Waals surface area contributed by atoms with Crippen molar-refractivity contribution in [3.63, 3.8) is 0 Å². The van der Waals surface area contributed by atoms with Gasteiger partial charge in [-0.2, -0.15) is 0 Å². The van der Waals surface area contributed by atoms with Crippen molar-refractivity contribution in [3.8, 4) is 5.75 Å². The molecule has 1 aliphatic carbocycles. The second-order valence-corrected chi connectivity index (χ2v) is 5.35. The first-order chi connectivity index (χ1) is 8.60. The monoisotopic (exact) mass is 250 g/mol. The van der Waals surface area contributed by atoms with E-state index >= 15 is 0 Å². The molecule has 0 atom stereocenters. The Labute approximate surface area is 104 Å². The number of hydrogen-bond acceptors (Lipinski definition) is 3. The van der Waals surface area contributed by atoms with E-state index in [4.69, 9.17) is 0 Å². The average molecular weight is 250 g/mol. The number of carbonyl (C=O) groups excluding carboxylic acids is 1. The number of amides is 1. The summed E-state index contributed by atoms with van der Waals surface area (Å²) >= 11 is 0. The van der Waals surface area contributed by atoms with Gasteiger partial charge in [-0.25, -0.2) is 9.37 Å². The number of nitrogens with zero attached hydrogens (tertiary/aromatic N) is 2. The molecule has 0 unspecified atom stereocenters. The maximum atomic E-state index is 12.8. The fourth-order valence-electron chi connectivity index (χ4n) is 2.94. The highest BCUT2D eigenvalue weighted by Crippen LogP contribution is 2.48. The summed E-state index contributed by atoms with van der Waals surface area (Å²) in [6.45, 7) is 1.45. The summed E-state index contributed by atoms with van der Waals surface area (Å²) in [6, 6.07) is 0.926. The van der Waals surface area contributed by atoms with E-state index in [2.05, 4.69) is 4.98 Å². The zero-order valence-electron chi connectivity index (χ0n) is 10.0. The Morgan fingerprint density at radius 3 is 2.78 bits per heavy atom. The van der Waals surface area contributed by atoms with E-state index in [1.807, 2.05) is 0 Å². The third kappa shape index (κ3) is 1.74. The van der Waals surface area contributed by atoms with Gasteiger partial charge in [0.2, 0.25) is 0 Å². The molecule has 1 amide bonds. The maximum absolute atomic E-state index is 12.8. The summed E-state index contributed by atoms with van der Waals surface area (Å²) < 4.78 is 12.8. The third-order valence-electron chi connectivity index (χ3n) is 4.18. The lowest BCUT2D eigenvalue weighted by atomic mass is 9.68. The van der Waals surface area contributed by atoms with Crippen LogP contribution in [0.2, 0.25) is 0 Å². The summed E-state index contributed by atoms with van der Waals surface area (Å²) in [5, 5.41) is 9.57. The van der Waals surface area contributed by atoms with Crippen LogP contribution in [0.1, 0.15) is 36.2 Å².